The molecule has 0 aromatic heterocycles. The molecule has 1 atom stereocenters. The highest BCUT2D eigenvalue weighted by Crippen LogP contribution is 2.18. The van der Waals surface area contributed by atoms with E-state index in [0.29, 0.717) is 18.7 Å². The van der Waals surface area contributed by atoms with E-state index in [2.05, 4.69) is 34.5 Å². The van der Waals surface area contributed by atoms with Gasteiger partial charge >= 0.3 is 0 Å². The SMILES string of the molecule is C/C=C(/C)C(=O)NCC(O)CN1CCc2ccccc2C1. The third-order valence-electron chi connectivity index (χ3n) is 3.97. The molecule has 0 saturated heterocycles. The first-order chi connectivity index (χ1) is 10.1. The van der Waals surface area contributed by atoms with E-state index in [4.69, 9.17) is 0 Å². The van der Waals surface area contributed by atoms with E-state index in [0.717, 1.165) is 19.5 Å². The van der Waals surface area contributed by atoms with Gasteiger partial charge in [-0.1, -0.05) is 30.3 Å². The lowest BCUT2D eigenvalue weighted by atomic mass is 10.00. The van der Waals surface area contributed by atoms with Crippen LogP contribution in [0, 0.1) is 0 Å². The number of fused-ring (bicyclic) bond motifs is 1. The summed E-state index contributed by atoms with van der Waals surface area (Å²) in [5, 5.41) is 12.8. The molecule has 114 valence electrons. The Kier molecular flexibility index (Phi) is 5.53. The third kappa shape index (κ3) is 4.41. The molecule has 2 N–H and O–H groups in total. The molecule has 1 amide bonds. The minimum Gasteiger partial charge on any atom is -0.390 e. The summed E-state index contributed by atoms with van der Waals surface area (Å²) in [4.78, 5) is 13.9. The number of nitrogens with zero attached hydrogens (tertiary/aromatic N) is 1. The van der Waals surface area contributed by atoms with Crippen LogP contribution in [0.3, 0.4) is 0 Å². The molecule has 1 aliphatic rings. The molecule has 1 aromatic rings. The minimum absolute atomic E-state index is 0.111. The number of β-amino-alcohol motifs (C(OH)–C–C–N with tert-alkyl or cyclic N) is 1. The van der Waals surface area contributed by atoms with Crippen LogP contribution in [0.4, 0.5) is 0 Å². The topological polar surface area (TPSA) is 52.6 Å². The van der Waals surface area contributed by atoms with Crippen molar-refractivity contribution >= 4 is 5.91 Å². The molecule has 0 radical (unpaired) electrons. The number of amides is 1. The Morgan fingerprint density at radius 2 is 2.14 bits per heavy atom. The number of aliphatic hydroxyl groups is 1. The predicted octanol–water partition coefficient (Wildman–Crippen LogP) is 1.49. The van der Waals surface area contributed by atoms with Gasteiger partial charge in [0.25, 0.3) is 0 Å². The van der Waals surface area contributed by atoms with Crippen LogP contribution in [0.15, 0.2) is 35.9 Å². The lowest BCUT2D eigenvalue weighted by Crippen LogP contribution is -2.42. The van der Waals surface area contributed by atoms with Gasteiger partial charge in [0.05, 0.1) is 6.10 Å². The molecule has 0 spiro atoms. The summed E-state index contributed by atoms with van der Waals surface area (Å²) in [6.45, 7) is 6.30. The zero-order valence-electron chi connectivity index (χ0n) is 12.8. The molecule has 21 heavy (non-hydrogen) atoms. The molecule has 0 aliphatic carbocycles. The molecule has 0 bridgehead atoms. The van der Waals surface area contributed by atoms with E-state index in [-0.39, 0.29) is 5.91 Å². The molecule has 4 heteroatoms. The number of hydrogen-bond donors (Lipinski definition) is 2. The fourth-order valence-electron chi connectivity index (χ4n) is 2.55. The van der Waals surface area contributed by atoms with Crippen LogP contribution in [0.5, 0.6) is 0 Å². The highest BCUT2D eigenvalue weighted by Gasteiger charge is 2.18. The first-order valence-electron chi connectivity index (χ1n) is 7.48. The van der Waals surface area contributed by atoms with Gasteiger partial charge < -0.3 is 10.4 Å². The van der Waals surface area contributed by atoms with Crippen LogP contribution >= 0.6 is 0 Å². The number of carbonyl (C=O) groups is 1. The van der Waals surface area contributed by atoms with E-state index in [1.54, 1.807) is 13.0 Å². The summed E-state index contributed by atoms with van der Waals surface area (Å²) in [5.74, 6) is -0.111. The molecule has 0 saturated carbocycles. The normalized spacial score (nSPS) is 17.2. The fraction of sp³-hybridized carbons (Fsp3) is 0.471. The van der Waals surface area contributed by atoms with Crippen LogP contribution < -0.4 is 5.32 Å². The summed E-state index contributed by atoms with van der Waals surface area (Å²) in [6.07, 6.45) is 2.25. The third-order valence-corrected chi connectivity index (χ3v) is 3.97. The van der Waals surface area contributed by atoms with Gasteiger partial charge in [-0.15, -0.1) is 0 Å². The maximum absolute atomic E-state index is 11.6. The van der Waals surface area contributed by atoms with Gasteiger partial charge in [-0.2, -0.15) is 0 Å². The lowest BCUT2D eigenvalue weighted by Gasteiger charge is -2.30. The van der Waals surface area contributed by atoms with E-state index in [1.165, 1.54) is 11.1 Å². The molecule has 4 nitrogen and oxygen atoms in total. The Bertz CT molecular complexity index is 525. The Hall–Kier alpha value is -1.65. The number of aliphatic hydroxyl groups excluding tert-OH is 1. The van der Waals surface area contributed by atoms with Gasteiger partial charge in [0.2, 0.25) is 5.91 Å². The maximum Gasteiger partial charge on any atom is 0.246 e. The predicted molar refractivity (Wildman–Crippen MR) is 83.9 cm³/mol. The number of allylic oxidation sites excluding steroid dienone is 1. The van der Waals surface area contributed by atoms with Gasteiger partial charge in [0.15, 0.2) is 0 Å². The molecule has 1 aromatic carbocycles. The second-order valence-electron chi connectivity index (χ2n) is 5.59. The van der Waals surface area contributed by atoms with E-state index >= 15 is 0 Å². The first kappa shape index (κ1) is 15.7. The highest BCUT2D eigenvalue weighted by molar-refractivity contribution is 5.92. The van der Waals surface area contributed by atoms with Crippen LogP contribution in [0.25, 0.3) is 0 Å². The van der Waals surface area contributed by atoms with Crippen LogP contribution in [-0.2, 0) is 17.8 Å². The number of carbonyl (C=O) groups excluding carboxylic acids is 1. The number of hydrogen-bond acceptors (Lipinski definition) is 3. The van der Waals surface area contributed by atoms with Crippen molar-refractivity contribution in [2.45, 2.75) is 32.9 Å². The minimum atomic E-state index is -0.538. The van der Waals surface area contributed by atoms with Crippen LogP contribution in [0.2, 0.25) is 0 Å². The van der Waals surface area contributed by atoms with Crippen molar-refractivity contribution in [3.05, 3.63) is 47.0 Å². The Morgan fingerprint density at radius 3 is 2.86 bits per heavy atom. The summed E-state index contributed by atoms with van der Waals surface area (Å²) in [5.41, 5.74) is 3.42. The number of benzene rings is 1. The second-order valence-corrected chi connectivity index (χ2v) is 5.59. The van der Waals surface area contributed by atoms with Crippen LogP contribution in [-0.4, -0.2) is 41.7 Å². The largest absolute Gasteiger partial charge is 0.390 e. The van der Waals surface area contributed by atoms with Crippen molar-refractivity contribution < 1.29 is 9.90 Å². The van der Waals surface area contributed by atoms with Crippen molar-refractivity contribution in [2.24, 2.45) is 0 Å². The second kappa shape index (κ2) is 7.38. The molecule has 1 heterocycles. The Balaban J connectivity index is 1.79. The highest BCUT2D eigenvalue weighted by atomic mass is 16.3. The van der Waals surface area contributed by atoms with Gasteiger partial charge in [-0.25, -0.2) is 0 Å². The van der Waals surface area contributed by atoms with Crippen molar-refractivity contribution in [3.8, 4) is 0 Å². The molecule has 0 fully saturated rings. The molecule has 2 rings (SSSR count). The van der Waals surface area contributed by atoms with Gasteiger partial charge in [-0.3, -0.25) is 9.69 Å². The molecule has 1 aliphatic heterocycles. The van der Waals surface area contributed by atoms with E-state index < -0.39 is 6.10 Å². The van der Waals surface area contributed by atoms with Gasteiger partial charge in [-0.05, 0) is 31.4 Å². The fourth-order valence-corrected chi connectivity index (χ4v) is 2.55. The van der Waals surface area contributed by atoms with Crippen LogP contribution in [0.1, 0.15) is 25.0 Å². The Labute approximate surface area is 126 Å². The zero-order chi connectivity index (χ0) is 15.2. The van der Waals surface area contributed by atoms with E-state index in [9.17, 15) is 9.90 Å². The number of nitrogens with one attached hydrogen (secondary N) is 1. The number of rotatable bonds is 5. The van der Waals surface area contributed by atoms with Crippen molar-refractivity contribution in [1.82, 2.24) is 10.2 Å². The molecular formula is C17H24N2O2. The smallest absolute Gasteiger partial charge is 0.246 e. The standard InChI is InChI=1S/C17H24N2O2/c1-3-13(2)17(21)18-10-16(20)12-19-9-8-14-6-4-5-7-15(14)11-19/h3-7,16,20H,8-12H2,1-2H3,(H,18,21)/b13-3-. The molecular weight excluding hydrogens is 264 g/mol. The maximum atomic E-state index is 11.6. The Morgan fingerprint density at radius 1 is 1.43 bits per heavy atom. The first-order valence-corrected chi connectivity index (χ1v) is 7.48. The zero-order valence-corrected chi connectivity index (χ0v) is 12.8. The quantitative estimate of drug-likeness (QED) is 0.807. The summed E-state index contributed by atoms with van der Waals surface area (Å²) in [6, 6.07) is 8.44. The average Bonchev–Trinajstić information content (AvgIpc) is 2.51. The van der Waals surface area contributed by atoms with Crippen molar-refractivity contribution in [1.29, 1.82) is 0 Å². The van der Waals surface area contributed by atoms with E-state index in [1.807, 2.05) is 6.92 Å². The summed E-state index contributed by atoms with van der Waals surface area (Å²) < 4.78 is 0. The molecule has 1 unspecified atom stereocenters. The van der Waals surface area contributed by atoms with Crippen molar-refractivity contribution in [3.63, 3.8) is 0 Å². The summed E-state index contributed by atoms with van der Waals surface area (Å²) in [7, 11) is 0. The average molecular weight is 288 g/mol. The summed E-state index contributed by atoms with van der Waals surface area (Å²) >= 11 is 0. The lowest BCUT2D eigenvalue weighted by molar-refractivity contribution is -0.118. The van der Waals surface area contributed by atoms with Crippen molar-refractivity contribution in [2.75, 3.05) is 19.6 Å². The van der Waals surface area contributed by atoms with Gasteiger partial charge in [0.1, 0.15) is 0 Å². The van der Waals surface area contributed by atoms with Gasteiger partial charge in [0, 0.05) is 31.8 Å². The monoisotopic (exact) mass is 288 g/mol.